The summed E-state index contributed by atoms with van der Waals surface area (Å²) in [7, 11) is 0. The summed E-state index contributed by atoms with van der Waals surface area (Å²) in [6, 6.07) is 0. The molecule has 0 amide bonds. The van der Waals surface area contributed by atoms with Crippen molar-refractivity contribution in [2.45, 2.75) is 13.8 Å². The Kier molecular flexibility index (Phi) is 5.34. The third kappa shape index (κ3) is 4.84. The van der Waals surface area contributed by atoms with Gasteiger partial charge >= 0.3 is 11.9 Å². The summed E-state index contributed by atoms with van der Waals surface area (Å²) in [4.78, 5) is 21.6. The Hall–Kier alpha value is -1.52. The summed E-state index contributed by atoms with van der Waals surface area (Å²) in [6.45, 7) is 3.77. The number of carbonyl (C=O) groups is 2. The molecule has 0 unspecified atom stereocenters. The number of ether oxygens (including phenoxy) is 2. The lowest BCUT2D eigenvalue weighted by atomic mass is 10.4. The molecule has 0 bridgehead atoms. The zero-order valence-electron chi connectivity index (χ0n) is 7.70. The summed E-state index contributed by atoms with van der Waals surface area (Å²) in [5.41, 5.74) is 4.97. The Morgan fingerprint density at radius 3 is 2.23 bits per heavy atom. The molecule has 0 aromatic heterocycles. The molecule has 13 heavy (non-hydrogen) atoms. The van der Waals surface area contributed by atoms with Crippen molar-refractivity contribution in [3.63, 3.8) is 0 Å². The van der Waals surface area contributed by atoms with Crippen LogP contribution < -0.4 is 5.73 Å². The highest BCUT2D eigenvalue weighted by Gasteiger charge is 2.08. The van der Waals surface area contributed by atoms with Crippen molar-refractivity contribution in [1.29, 1.82) is 0 Å². The highest BCUT2D eigenvalue weighted by atomic mass is 16.5. The Balaban J connectivity index is 4.14. The molecule has 0 saturated heterocycles. The molecule has 0 spiro atoms. The van der Waals surface area contributed by atoms with Gasteiger partial charge in [0, 0.05) is 0 Å². The fourth-order valence-electron chi connectivity index (χ4n) is 0.584. The fourth-order valence-corrected chi connectivity index (χ4v) is 0.584. The van der Waals surface area contributed by atoms with Crippen LogP contribution in [0.1, 0.15) is 13.8 Å². The Morgan fingerprint density at radius 2 is 1.77 bits per heavy atom. The monoisotopic (exact) mass is 187 g/mol. The minimum atomic E-state index is -0.712. The molecule has 0 saturated carbocycles. The maximum absolute atomic E-state index is 10.9. The van der Waals surface area contributed by atoms with Crippen LogP contribution in [0.3, 0.4) is 0 Å². The molecule has 5 heteroatoms. The molecule has 0 aromatic carbocycles. The van der Waals surface area contributed by atoms with E-state index in [0.29, 0.717) is 0 Å². The SMILES string of the molecule is CCOC(=O)/C=C(\N)C(=O)OCC. The van der Waals surface area contributed by atoms with E-state index in [4.69, 9.17) is 5.73 Å². The van der Waals surface area contributed by atoms with Crippen molar-refractivity contribution in [1.82, 2.24) is 0 Å². The Labute approximate surface area is 76.5 Å². The second kappa shape index (κ2) is 6.05. The molecule has 0 atom stereocenters. The second-order valence-electron chi connectivity index (χ2n) is 2.07. The maximum Gasteiger partial charge on any atom is 0.354 e. The lowest BCUT2D eigenvalue weighted by molar-refractivity contribution is -0.141. The van der Waals surface area contributed by atoms with Crippen LogP contribution in [0.5, 0.6) is 0 Å². The number of hydrogen-bond donors (Lipinski definition) is 1. The molecule has 0 aliphatic heterocycles. The van der Waals surface area contributed by atoms with Crippen molar-refractivity contribution >= 4 is 11.9 Å². The number of nitrogens with two attached hydrogens (primary N) is 1. The van der Waals surface area contributed by atoms with E-state index in [1.165, 1.54) is 0 Å². The van der Waals surface area contributed by atoms with E-state index < -0.39 is 11.9 Å². The topological polar surface area (TPSA) is 78.6 Å². The predicted octanol–water partition coefficient (Wildman–Crippen LogP) is -0.0448. The van der Waals surface area contributed by atoms with Gasteiger partial charge in [-0.25, -0.2) is 9.59 Å². The molecule has 0 fully saturated rings. The van der Waals surface area contributed by atoms with Crippen LogP contribution >= 0.6 is 0 Å². The van der Waals surface area contributed by atoms with Gasteiger partial charge in [-0.2, -0.15) is 0 Å². The van der Waals surface area contributed by atoms with E-state index in [0.717, 1.165) is 6.08 Å². The molecule has 0 aliphatic rings. The van der Waals surface area contributed by atoms with E-state index in [1.807, 2.05) is 0 Å². The zero-order valence-corrected chi connectivity index (χ0v) is 7.70. The smallest absolute Gasteiger partial charge is 0.354 e. The van der Waals surface area contributed by atoms with Crippen molar-refractivity contribution in [3.8, 4) is 0 Å². The van der Waals surface area contributed by atoms with Crippen LogP contribution in [0.15, 0.2) is 11.8 Å². The molecule has 0 heterocycles. The van der Waals surface area contributed by atoms with E-state index in [2.05, 4.69) is 9.47 Å². The molecule has 0 aliphatic carbocycles. The first kappa shape index (κ1) is 11.5. The summed E-state index contributed by atoms with van der Waals surface area (Å²) in [5, 5.41) is 0. The van der Waals surface area contributed by atoms with Gasteiger partial charge in [0.2, 0.25) is 0 Å². The summed E-state index contributed by atoms with van der Waals surface area (Å²) >= 11 is 0. The first-order valence-corrected chi connectivity index (χ1v) is 3.92. The van der Waals surface area contributed by atoms with E-state index in [9.17, 15) is 9.59 Å². The summed E-state index contributed by atoms with van der Waals surface area (Å²) in [5.74, 6) is -1.36. The minimum absolute atomic E-state index is 0.218. The van der Waals surface area contributed by atoms with Gasteiger partial charge in [0.05, 0.1) is 19.3 Å². The highest BCUT2D eigenvalue weighted by Crippen LogP contribution is 1.91. The Bertz CT molecular complexity index is 222. The van der Waals surface area contributed by atoms with Crippen LogP contribution in [0, 0.1) is 0 Å². The van der Waals surface area contributed by atoms with Gasteiger partial charge in [-0.05, 0) is 13.8 Å². The summed E-state index contributed by atoms with van der Waals surface area (Å²) < 4.78 is 9.08. The third-order valence-electron chi connectivity index (χ3n) is 1.07. The molecule has 74 valence electrons. The molecular formula is C8H13NO4. The minimum Gasteiger partial charge on any atom is -0.463 e. The number of esters is 2. The van der Waals surface area contributed by atoms with Gasteiger partial charge < -0.3 is 15.2 Å². The highest BCUT2D eigenvalue weighted by molar-refractivity contribution is 5.95. The zero-order chi connectivity index (χ0) is 10.3. The first-order valence-electron chi connectivity index (χ1n) is 3.92. The van der Waals surface area contributed by atoms with E-state index in [1.54, 1.807) is 13.8 Å². The van der Waals surface area contributed by atoms with Gasteiger partial charge in [0.25, 0.3) is 0 Å². The van der Waals surface area contributed by atoms with Crippen molar-refractivity contribution in [3.05, 3.63) is 11.8 Å². The average Bonchev–Trinajstić information content (AvgIpc) is 2.05. The first-order chi connectivity index (χ1) is 6.11. The molecule has 2 N–H and O–H groups in total. The predicted molar refractivity (Wildman–Crippen MR) is 45.5 cm³/mol. The third-order valence-corrected chi connectivity index (χ3v) is 1.07. The number of rotatable bonds is 4. The van der Waals surface area contributed by atoms with E-state index in [-0.39, 0.29) is 18.9 Å². The molecule has 0 rings (SSSR count). The van der Waals surface area contributed by atoms with Crippen LogP contribution in [0.25, 0.3) is 0 Å². The summed E-state index contributed by atoms with van der Waals surface area (Å²) in [6.07, 6.45) is 0.904. The molecular weight excluding hydrogens is 174 g/mol. The quantitative estimate of drug-likeness (QED) is 0.493. The van der Waals surface area contributed by atoms with Gasteiger partial charge in [-0.3, -0.25) is 0 Å². The Morgan fingerprint density at radius 1 is 1.23 bits per heavy atom. The van der Waals surface area contributed by atoms with Crippen molar-refractivity contribution in [2.75, 3.05) is 13.2 Å². The van der Waals surface area contributed by atoms with Crippen LogP contribution in [0.4, 0.5) is 0 Å². The van der Waals surface area contributed by atoms with Crippen LogP contribution in [-0.4, -0.2) is 25.2 Å². The second-order valence-corrected chi connectivity index (χ2v) is 2.07. The number of carbonyl (C=O) groups excluding carboxylic acids is 2. The van der Waals surface area contributed by atoms with Gasteiger partial charge in [-0.1, -0.05) is 0 Å². The van der Waals surface area contributed by atoms with E-state index >= 15 is 0 Å². The van der Waals surface area contributed by atoms with Gasteiger partial charge in [0.15, 0.2) is 0 Å². The molecule has 0 aromatic rings. The maximum atomic E-state index is 10.9. The van der Waals surface area contributed by atoms with Crippen LogP contribution in [0.2, 0.25) is 0 Å². The lowest BCUT2D eigenvalue weighted by Crippen LogP contribution is -2.17. The van der Waals surface area contributed by atoms with Crippen molar-refractivity contribution in [2.24, 2.45) is 5.73 Å². The molecule has 5 nitrogen and oxygen atoms in total. The number of hydrogen-bond acceptors (Lipinski definition) is 5. The van der Waals surface area contributed by atoms with Crippen molar-refractivity contribution < 1.29 is 19.1 Å². The van der Waals surface area contributed by atoms with Gasteiger partial charge in [-0.15, -0.1) is 0 Å². The largest absolute Gasteiger partial charge is 0.463 e. The average molecular weight is 187 g/mol. The fraction of sp³-hybridized carbons (Fsp3) is 0.500. The lowest BCUT2D eigenvalue weighted by Gasteiger charge is -2.00. The van der Waals surface area contributed by atoms with Crippen LogP contribution in [-0.2, 0) is 19.1 Å². The normalized spacial score (nSPS) is 10.8. The van der Waals surface area contributed by atoms with Gasteiger partial charge in [0.1, 0.15) is 5.70 Å². The standard InChI is InChI=1S/C8H13NO4/c1-3-12-7(10)5-6(9)8(11)13-4-2/h5H,3-4,9H2,1-2H3/b6-5-. The molecule has 0 radical (unpaired) electrons.